The van der Waals surface area contributed by atoms with Gasteiger partial charge in [0.2, 0.25) is 5.76 Å². The largest absolute Gasteiger partial charge is 0.497 e. The molecule has 3 aromatic carbocycles. The lowest BCUT2D eigenvalue weighted by Crippen LogP contribution is -2.22. The molecular weight excluding hydrogens is 464 g/mol. The van der Waals surface area contributed by atoms with Gasteiger partial charge in [-0.05, 0) is 36.4 Å². The third kappa shape index (κ3) is 4.14. The van der Waals surface area contributed by atoms with E-state index in [0.717, 1.165) is 0 Å². The number of carbonyl (C=O) groups excluding carboxylic acids is 2. The van der Waals surface area contributed by atoms with E-state index in [1.807, 2.05) is 0 Å². The zero-order chi connectivity index (χ0) is 25.2. The second-order valence-electron chi connectivity index (χ2n) is 7.76. The summed E-state index contributed by atoms with van der Waals surface area (Å²) in [5.74, 6) is -0.589. The zero-order valence-corrected chi connectivity index (χ0v) is 19.3. The van der Waals surface area contributed by atoms with Crippen LogP contribution in [0, 0.1) is 0 Å². The Bertz CT molecular complexity index is 1680. The van der Waals surface area contributed by atoms with Crippen LogP contribution in [0.2, 0.25) is 0 Å². The first kappa shape index (κ1) is 22.7. The van der Waals surface area contributed by atoms with Crippen molar-refractivity contribution in [2.24, 2.45) is 0 Å². The van der Waals surface area contributed by atoms with Gasteiger partial charge in [0.15, 0.2) is 0 Å². The summed E-state index contributed by atoms with van der Waals surface area (Å²) in [4.78, 5) is 38.9. The summed E-state index contributed by atoms with van der Waals surface area (Å²) in [6, 6.07) is 20.1. The topological polar surface area (TPSA) is 120 Å². The summed E-state index contributed by atoms with van der Waals surface area (Å²) in [6.07, 6.45) is 0. The molecule has 2 aromatic heterocycles. The molecule has 2 heterocycles. The molecule has 5 aromatic rings. The quantitative estimate of drug-likeness (QED) is 0.323. The summed E-state index contributed by atoms with van der Waals surface area (Å²) in [6.45, 7) is 0. The monoisotopic (exact) mass is 484 g/mol. The minimum atomic E-state index is -0.798. The lowest BCUT2D eigenvalue weighted by Gasteiger charge is -2.11. The maximum Gasteiger partial charge on any atom is 0.349 e. The average Bonchev–Trinajstić information content (AvgIpc) is 3.26. The van der Waals surface area contributed by atoms with Crippen LogP contribution in [0.1, 0.15) is 20.9 Å². The molecule has 2 N–H and O–H groups in total. The molecule has 0 radical (unpaired) electrons. The van der Waals surface area contributed by atoms with Gasteiger partial charge in [-0.3, -0.25) is 9.59 Å². The van der Waals surface area contributed by atoms with Crippen molar-refractivity contribution in [3.63, 3.8) is 0 Å². The molecule has 36 heavy (non-hydrogen) atoms. The van der Waals surface area contributed by atoms with E-state index in [1.54, 1.807) is 66.7 Å². The molecule has 0 saturated heterocycles. The molecule has 0 bridgehead atoms. The van der Waals surface area contributed by atoms with Crippen molar-refractivity contribution in [3.8, 4) is 11.5 Å². The van der Waals surface area contributed by atoms with Gasteiger partial charge in [-0.25, -0.2) is 4.79 Å². The number of hydrogen-bond acceptors (Lipinski definition) is 7. The fourth-order valence-corrected chi connectivity index (χ4v) is 3.81. The average molecular weight is 484 g/mol. The Morgan fingerprint density at radius 3 is 2.31 bits per heavy atom. The van der Waals surface area contributed by atoms with E-state index in [2.05, 4.69) is 10.6 Å². The molecule has 2 amide bonds. The van der Waals surface area contributed by atoms with E-state index >= 15 is 0 Å². The smallest absolute Gasteiger partial charge is 0.349 e. The van der Waals surface area contributed by atoms with Crippen molar-refractivity contribution in [1.82, 2.24) is 0 Å². The number of fused-ring (bicyclic) bond motifs is 2. The number of furan rings is 1. The fraction of sp³-hybridized carbons (Fsp3) is 0.0741. The van der Waals surface area contributed by atoms with Crippen molar-refractivity contribution < 1.29 is 27.9 Å². The molecule has 5 rings (SSSR count). The Labute approximate surface area is 204 Å². The van der Waals surface area contributed by atoms with Crippen molar-refractivity contribution in [1.29, 1.82) is 0 Å². The highest BCUT2D eigenvalue weighted by Crippen LogP contribution is 2.34. The van der Waals surface area contributed by atoms with E-state index in [9.17, 15) is 14.4 Å². The van der Waals surface area contributed by atoms with Crippen LogP contribution in [0.25, 0.3) is 21.9 Å². The third-order valence-corrected chi connectivity index (χ3v) is 5.58. The molecule has 0 saturated carbocycles. The molecule has 9 heteroatoms. The molecule has 0 atom stereocenters. The van der Waals surface area contributed by atoms with Gasteiger partial charge in [0, 0.05) is 16.8 Å². The number of methoxy groups -OCH3 is 2. The van der Waals surface area contributed by atoms with E-state index in [1.165, 1.54) is 20.3 Å². The molecule has 9 nitrogen and oxygen atoms in total. The summed E-state index contributed by atoms with van der Waals surface area (Å²) in [5, 5.41) is 6.47. The Kier molecular flexibility index (Phi) is 5.87. The first-order valence-corrected chi connectivity index (χ1v) is 10.9. The maximum atomic E-state index is 13.3. The Balaban J connectivity index is 1.52. The summed E-state index contributed by atoms with van der Waals surface area (Å²) in [7, 11) is 2.99. The first-order valence-electron chi connectivity index (χ1n) is 10.9. The van der Waals surface area contributed by atoms with Crippen molar-refractivity contribution in [2.75, 3.05) is 24.9 Å². The number of anilines is 2. The highest BCUT2D eigenvalue weighted by atomic mass is 16.5. The van der Waals surface area contributed by atoms with Crippen molar-refractivity contribution in [2.45, 2.75) is 0 Å². The molecule has 0 fully saturated rings. The van der Waals surface area contributed by atoms with E-state index in [0.29, 0.717) is 39.1 Å². The number of para-hydroxylation sites is 2. The Morgan fingerprint density at radius 1 is 0.778 bits per heavy atom. The SMILES string of the molecule is COc1ccc(NC(=O)c2oc3ccccc3c2NC(=O)c2cc3ccccc3oc2=O)c(OC)c1. The molecule has 0 unspecified atom stereocenters. The second-order valence-corrected chi connectivity index (χ2v) is 7.76. The van der Waals surface area contributed by atoms with E-state index in [-0.39, 0.29) is 17.0 Å². The van der Waals surface area contributed by atoms with Gasteiger partial charge in [-0.2, -0.15) is 0 Å². The number of ether oxygens (including phenoxy) is 2. The molecule has 180 valence electrons. The highest BCUT2D eigenvalue weighted by Gasteiger charge is 2.25. The summed E-state index contributed by atoms with van der Waals surface area (Å²) >= 11 is 0. The maximum absolute atomic E-state index is 13.3. The summed E-state index contributed by atoms with van der Waals surface area (Å²) < 4.78 is 21.6. The standard InChI is InChI=1S/C27H20N2O7/c1-33-16-11-12-19(22(14-16)34-2)28-26(31)24-23(17-8-4-6-10-21(17)35-24)29-25(30)18-13-15-7-3-5-9-20(15)36-27(18)32/h3-14H,1-2H3,(H,28,31)(H,29,30). The number of amides is 2. The highest BCUT2D eigenvalue weighted by molar-refractivity contribution is 6.17. The zero-order valence-electron chi connectivity index (χ0n) is 19.3. The van der Waals surface area contributed by atoms with Crippen LogP contribution in [0.15, 0.2) is 86.4 Å². The number of nitrogens with one attached hydrogen (secondary N) is 2. The molecule has 0 aliphatic heterocycles. The van der Waals surface area contributed by atoms with Crippen molar-refractivity contribution in [3.05, 3.63) is 94.5 Å². The fourth-order valence-electron chi connectivity index (χ4n) is 3.81. The van der Waals surface area contributed by atoms with E-state index < -0.39 is 17.4 Å². The van der Waals surface area contributed by atoms with Crippen molar-refractivity contribution >= 4 is 45.1 Å². The van der Waals surface area contributed by atoms with Crippen LogP contribution in [-0.2, 0) is 0 Å². The molecule has 0 spiro atoms. The van der Waals surface area contributed by atoms with Crippen LogP contribution in [0.4, 0.5) is 11.4 Å². The third-order valence-electron chi connectivity index (χ3n) is 5.58. The van der Waals surface area contributed by atoms with Crippen LogP contribution < -0.4 is 25.7 Å². The predicted molar refractivity (Wildman–Crippen MR) is 134 cm³/mol. The summed E-state index contributed by atoms with van der Waals surface area (Å²) in [5.41, 5.74) is 0.228. The van der Waals surface area contributed by atoms with Gasteiger partial charge in [0.05, 0.1) is 19.9 Å². The van der Waals surface area contributed by atoms with Gasteiger partial charge in [-0.15, -0.1) is 0 Å². The lowest BCUT2D eigenvalue weighted by molar-refractivity contribution is 0.0999. The minimum Gasteiger partial charge on any atom is -0.497 e. The first-order chi connectivity index (χ1) is 17.5. The van der Waals surface area contributed by atoms with Crippen LogP contribution in [0.5, 0.6) is 11.5 Å². The molecule has 0 aliphatic rings. The van der Waals surface area contributed by atoms with E-state index in [4.69, 9.17) is 18.3 Å². The second kappa shape index (κ2) is 9.30. The van der Waals surface area contributed by atoms with Crippen LogP contribution in [-0.4, -0.2) is 26.0 Å². The van der Waals surface area contributed by atoms with Crippen LogP contribution in [0.3, 0.4) is 0 Å². The van der Waals surface area contributed by atoms with Gasteiger partial charge in [-0.1, -0.05) is 30.3 Å². The number of hydrogen-bond donors (Lipinski definition) is 2. The number of carbonyl (C=O) groups is 2. The van der Waals surface area contributed by atoms with Gasteiger partial charge < -0.3 is 28.9 Å². The van der Waals surface area contributed by atoms with Gasteiger partial charge in [0.1, 0.15) is 33.9 Å². The van der Waals surface area contributed by atoms with Gasteiger partial charge >= 0.3 is 5.63 Å². The Morgan fingerprint density at radius 2 is 1.53 bits per heavy atom. The Hall–Kier alpha value is -5.05. The lowest BCUT2D eigenvalue weighted by atomic mass is 10.1. The van der Waals surface area contributed by atoms with Crippen LogP contribution >= 0.6 is 0 Å². The molecule has 0 aliphatic carbocycles. The predicted octanol–water partition coefficient (Wildman–Crippen LogP) is 5.06. The number of benzene rings is 3. The van der Waals surface area contributed by atoms with Gasteiger partial charge in [0.25, 0.3) is 11.8 Å². The minimum absolute atomic E-state index is 0.119. The normalized spacial score (nSPS) is 10.8. The number of rotatable bonds is 6. The molecular formula is C27H20N2O7.